The molecule has 3 aromatic carbocycles. The van der Waals surface area contributed by atoms with Crippen LogP contribution in [0.4, 0.5) is 0 Å². The summed E-state index contributed by atoms with van der Waals surface area (Å²) < 4.78 is 1.97. The van der Waals surface area contributed by atoms with E-state index < -0.39 is 5.97 Å². The molecule has 0 saturated heterocycles. The average molecular weight is 524 g/mol. The van der Waals surface area contributed by atoms with E-state index in [1.807, 2.05) is 95.6 Å². The largest absolute Gasteiger partial charge is 0.481 e. The molecule has 0 fully saturated rings. The van der Waals surface area contributed by atoms with Crippen molar-refractivity contribution >= 4 is 11.9 Å². The summed E-state index contributed by atoms with van der Waals surface area (Å²) in [5.41, 5.74) is 3.93. The van der Waals surface area contributed by atoms with Gasteiger partial charge in [-0.25, -0.2) is 4.98 Å². The zero-order valence-electron chi connectivity index (χ0n) is 22.4. The minimum atomic E-state index is -0.712. The van der Waals surface area contributed by atoms with E-state index >= 15 is 0 Å². The number of amides is 1. The van der Waals surface area contributed by atoms with Gasteiger partial charge >= 0.3 is 5.97 Å². The van der Waals surface area contributed by atoms with E-state index in [9.17, 15) is 9.59 Å². The first-order chi connectivity index (χ1) is 19.1. The van der Waals surface area contributed by atoms with Gasteiger partial charge in [0.05, 0.1) is 0 Å². The Morgan fingerprint density at radius 1 is 0.667 bits per heavy atom. The number of carbonyl (C=O) groups is 2. The number of carbonyl (C=O) groups excluding carboxylic acids is 1. The van der Waals surface area contributed by atoms with E-state index in [0.717, 1.165) is 74.0 Å². The monoisotopic (exact) mass is 523 g/mol. The Kier molecular flexibility index (Phi) is 10.5. The quantitative estimate of drug-likeness (QED) is 0.158. The first-order valence-electron chi connectivity index (χ1n) is 13.9. The van der Waals surface area contributed by atoms with Crippen LogP contribution >= 0.6 is 0 Å². The van der Waals surface area contributed by atoms with Crippen molar-refractivity contribution in [3.05, 3.63) is 96.7 Å². The van der Waals surface area contributed by atoms with E-state index in [2.05, 4.69) is 5.32 Å². The summed E-state index contributed by atoms with van der Waals surface area (Å²) in [7, 11) is 0. The average Bonchev–Trinajstić information content (AvgIpc) is 3.38. The minimum Gasteiger partial charge on any atom is -0.481 e. The Labute approximate surface area is 230 Å². The van der Waals surface area contributed by atoms with E-state index in [-0.39, 0.29) is 12.3 Å². The molecule has 1 amide bonds. The zero-order chi connectivity index (χ0) is 27.3. The van der Waals surface area contributed by atoms with Crippen molar-refractivity contribution in [2.75, 3.05) is 6.54 Å². The molecule has 0 bridgehead atoms. The van der Waals surface area contributed by atoms with Gasteiger partial charge in [-0.05, 0) is 25.0 Å². The summed E-state index contributed by atoms with van der Waals surface area (Å²) in [5.74, 6) is -0.115. The van der Waals surface area contributed by atoms with Crippen LogP contribution in [0.2, 0.25) is 0 Å². The predicted molar refractivity (Wildman–Crippen MR) is 156 cm³/mol. The number of aromatic nitrogens is 2. The van der Waals surface area contributed by atoms with Crippen molar-refractivity contribution in [1.82, 2.24) is 14.9 Å². The van der Waals surface area contributed by atoms with Crippen LogP contribution in [0.1, 0.15) is 68.3 Å². The van der Waals surface area contributed by atoms with Crippen molar-refractivity contribution in [3.63, 3.8) is 0 Å². The standard InChI is InChI=1S/C33H37N3O3/c37-29(38)24-16-5-3-1-2-4-6-17-25-34-33(39)31-30(26-18-10-7-11-19-26)35-32(27-20-12-8-13-21-27)36(31)28-22-14-9-15-23-28/h7-15,18-23H,1-6,16-17,24-25H2,(H,34,39)(H,37,38). The van der Waals surface area contributed by atoms with Crippen LogP contribution < -0.4 is 5.32 Å². The molecule has 1 heterocycles. The third kappa shape index (κ3) is 7.90. The lowest BCUT2D eigenvalue weighted by molar-refractivity contribution is -0.137. The maximum Gasteiger partial charge on any atom is 0.303 e. The zero-order valence-corrected chi connectivity index (χ0v) is 22.4. The van der Waals surface area contributed by atoms with Crippen LogP contribution in [-0.4, -0.2) is 33.1 Å². The highest BCUT2D eigenvalue weighted by molar-refractivity contribution is 6.00. The Hall–Kier alpha value is -4.19. The molecule has 0 radical (unpaired) electrons. The van der Waals surface area contributed by atoms with Gasteiger partial charge in [0.25, 0.3) is 5.91 Å². The van der Waals surface area contributed by atoms with Crippen molar-refractivity contribution in [1.29, 1.82) is 0 Å². The molecule has 0 spiro atoms. The molecule has 6 nitrogen and oxygen atoms in total. The first-order valence-corrected chi connectivity index (χ1v) is 13.9. The third-order valence-corrected chi connectivity index (χ3v) is 6.79. The fraction of sp³-hybridized carbons (Fsp3) is 0.303. The van der Waals surface area contributed by atoms with Crippen LogP contribution in [0.3, 0.4) is 0 Å². The molecule has 202 valence electrons. The number of aliphatic carboxylic acids is 1. The normalized spacial score (nSPS) is 10.9. The van der Waals surface area contributed by atoms with Gasteiger partial charge in [0, 0.05) is 29.8 Å². The molecule has 1 aromatic heterocycles. The molecule has 0 aliphatic heterocycles. The Morgan fingerprint density at radius 2 is 1.18 bits per heavy atom. The molecule has 39 heavy (non-hydrogen) atoms. The molecule has 4 rings (SSSR count). The van der Waals surface area contributed by atoms with Crippen LogP contribution in [0.25, 0.3) is 28.3 Å². The highest BCUT2D eigenvalue weighted by Crippen LogP contribution is 2.32. The number of rotatable bonds is 15. The SMILES string of the molecule is O=C(O)CCCCCCCCCCNC(=O)c1c(-c2ccccc2)nc(-c2ccccc2)n1-c1ccccc1. The van der Waals surface area contributed by atoms with Crippen LogP contribution in [-0.2, 0) is 4.79 Å². The number of carboxylic acids is 1. The molecule has 0 aliphatic rings. The van der Waals surface area contributed by atoms with Crippen LogP contribution in [0, 0.1) is 0 Å². The van der Waals surface area contributed by atoms with Crippen LogP contribution in [0.15, 0.2) is 91.0 Å². The van der Waals surface area contributed by atoms with Gasteiger partial charge in [0.2, 0.25) is 0 Å². The number of para-hydroxylation sites is 1. The van der Waals surface area contributed by atoms with Gasteiger partial charge in [-0.15, -0.1) is 0 Å². The second-order valence-corrected chi connectivity index (χ2v) is 9.76. The molecule has 0 unspecified atom stereocenters. The molecule has 4 aromatic rings. The fourth-order valence-corrected chi connectivity index (χ4v) is 4.78. The Morgan fingerprint density at radius 3 is 1.77 bits per heavy atom. The summed E-state index contributed by atoms with van der Waals surface area (Å²) >= 11 is 0. The van der Waals surface area contributed by atoms with Crippen LogP contribution in [0.5, 0.6) is 0 Å². The van der Waals surface area contributed by atoms with E-state index in [4.69, 9.17) is 10.1 Å². The van der Waals surface area contributed by atoms with Gasteiger partial charge in [0.15, 0.2) is 0 Å². The molecule has 6 heteroatoms. The maximum atomic E-state index is 13.7. The van der Waals surface area contributed by atoms with Gasteiger partial charge in [-0.1, -0.05) is 117 Å². The maximum absolute atomic E-state index is 13.7. The van der Waals surface area contributed by atoms with Gasteiger partial charge in [-0.2, -0.15) is 0 Å². The fourth-order valence-electron chi connectivity index (χ4n) is 4.78. The Bertz CT molecular complexity index is 1320. The molecule has 0 aliphatic carbocycles. The number of unbranched alkanes of at least 4 members (excludes halogenated alkanes) is 7. The molecular formula is C33H37N3O3. The number of benzene rings is 3. The van der Waals surface area contributed by atoms with E-state index in [0.29, 0.717) is 17.9 Å². The van der Waals surface area contributed by atoms with Gasteiger partial charge < -0.3 is 10.4 Å². The predicted octanol–water partition coefficient (Wildman–Crippen LogP) is 7.53. The Balaban J connectivity index is 1.46. The van der Waals surface area contributed by atoms with E-state index in [1.165, 1.54) is 0 Å². The van der Waals surface area contributed by atoms with Crippen molar-refractivity contribution in [2.24, 2.45) is 0 Å². The summed E-state index contributed by atoms with van der Waals surface area (Å²) in [6.07, 6.45) is 8.44. The number of hydrogen-bond donors (Lipinski definition) is 2. The molecular weight excluding hydrogens is 486 g/mol. The van der Waals surface area contributed by atoms with Crippen molar-refractivity contribution < 1.29 is 14.7 Å². The van der Waals surface area contributed by atoms with Crippen molar-refractivity contribution in [3.8, 4) is 28.3 Å². The molecule has 0 saturated carbocycles. The molecule has 0 atom stereocenters. The second-order valence-electron chi connectivity index (χ2n) is 9.76. The highest BCUT2D eigenvalue weighted by atomic mass is 16.4. The topological polar surface area (TPSA) is 84.2 Å². The number of carboxylic acid groups (broad SMARTS) is 1. The number of imidazole rings is 1. The molecule has 2 N–H and O–H groups in total. The second kappa shape index (κ2) is 14.7. The number of hydrogen-bond acceptors (Lipinski definition) is 3. The van der Waals surface area contributed by atoms with Gasteiger partial charge in [-0.3, -0.25) is 14.2 Å². The lowest BCUT2D eigenvalue weighted by Gasteiger charge is -2.13. The lowest BCUT2D eigenvalue weighted by Crippen LogP contribution is -2.27. The van der Waals surface area contributed by atoms with Gasteiger partial charge in [0.1, 0.15) is 17.2 Å². The summed E-state index contributed by atoms with van der Waals surface area (Å²) in [6, 6.07) is 29.8. The third-order valence-electron chi connectivity index (χ3n) is 6.79. The lowest BCUT2D eigenvalue weighted by atomic mass is 10.1. The number of nitrogens with zero attached hydrogens (tertiary/aromatic N) is 2. The minimum absolute atomic E-state index is 0.134. The number of nitrogens with one attached hydrogen (secondary N) is 1. The van der Waals surface area contributed by atoms with Crippen molar-refractivity contribution in [2.45, 2.75) is 57.8 Å². The smallest absolute Gasteiger partial charge is 0.303 e. The first kappa shape index (κ1) is 27.8. The summed E-state index contributed by atoms with van der Waals surface area (Å²) in [4.78, 5) is 29.4. The summed E-state index contributed by atoms with van der Waals surface area (Å²) in [6.45, 7) is 0.603. The van der Waals surface area contributed by atoms with E-state index in [1.54, 1.807) is 0 Å². The highest BCUT2D eigenvalue weighted by Gasteiger charge is 2.25. The summed E-state index contributed by atoms with van der Waals surface area (Å²) in [5, 5.41) is 11.9.